The van der Waals surface area contributed by atoms with Crippen molar-refractivity contribution >= 4 is 12.1 Å². The first-order valence-corrected chi connectivity index (χ1v) is 7.45. The van der Waals surface area contributed by atoms with E-state index in [0.29, 0.717) is 17.0 Å². The summed E-state index contributed by atoms with van der Waals surface area (Å²) in [6, 6.07) is 4.86. The number of phenolic OH excluding ortho intramolecular Hbond substituents is 1. The fourth-order valence-corrected chi connectivity index (χ4v) is 2.67. The number of phenols is 1. The highest BCUT2D eigenvalue weighted by Gasteiger charge is 2.21. The Bertz CT molecular complexity index is 752. The quantitative estimate of drug-likeness (QED) is 0.591. The number of rotatable bonds is 4. The standard InChI is InChI=1S/C16H18N4O3/c1-23-14-7-6-10(8-13(14)21)9-17-20-16(22)15-11-4-2-3-5-12(11)18-19-15/h6-9,21H,2-5H2,1H3,(H,18,19)(H,20,22). The van der Waals surface area contributed by atoms with Gasteiger partial charge >= 0.3 is 0 Å². The molecule has 0 unspecified atom stereocenters. The van der Waals surface area contributed by atoms with E-state index in [1.807, 2.05) is 0 Å². The number of nitrogens with zero attached hydrogens (tertiary/aromatic N) is 2. The molecule has 0 spiro atoms. The van der Waals surface area contributed by atoms with Crippen molar-refractivity contribution in [3.8, 4) is 11.5 Å². The molecule has 0 fully saturated rings. The van der Waals surface area contributed by atoms with Crippen LogP contribution in [0.5, 0.6) is 11.5 Å². The van der Waals surface area contributed by atoms with Gasteiger partial charge in [-0.3, -0.25) is 9.89 Å². The fourth-order valence-electron chi connectivity index (χ4n) is 2.67. The van der Waals surface area contributed by atoms with E-state index in [0.717, 1.165) is 36.9 Å². The summed E-state index contributed by atoms with van der Waals surface area (Å²) >= 11 is 0. The topological polar surface area (TPSA) is 99.6 Å². The van der Waals surface area contributed by atoms with Crippen LogP contribution in [0.15, 0.2) is 23.3 Å². The summed E-state index contributed by atoms with van der Waals surface area (Å²) in [4.78, 5) is 12.2. The van der Waals surface area contributed by atoms with Gasteiger partial charge in [0.1, 0.15) is 0 Å². The molecule has 0 saturated carbocycles. The van der Waals surface area contributed by atoms with Gasteiger partial charge in [0.2, 0.25) is 0 Å². The maximum atomic E-state index is 12.2. The number of aromatic hydroxyl groups is 1. The van der Waals surface area contributed by atoms with E-state index in [1.54, 1.807) is 12.1 Å². The first kappa shape index (κ1) is 15.1. The summed E-state index contributed by atoms with van der Waals surface area (Å²) in [5.74, 6) is 0.0665. The SMILES string of the molecule is COc1ccc(C=NNC(=O)c2n[nH]c3c2CCCC3)cc1O. The molecule has 1 aliphatic carbocycles. The smallest absolute Gasteiger partial charge is 0.292 e. The fraction of sp³-hybridized carbons (Fsp3) is 0.312. The number of benzene rings is 1. The number of aromatic nitrogens is 2. The second-order valence-corrected chi connectivity index (χ2v) is 5.37. The summed E-state index contributed by atoms with van der Waals surface area (Å²) < 4.78 is 4.97. The van der Waals surface area contributed by atoms with Gasteiger partial charge in [-0.15, -0.1) is 0 Å². The van der Waals surface area contributed by atoms with Crippen molar-refractivity contribution in [2.45, 2.75) is 25.7 Å². The van der Waals surface area contributed by atoms with E-state index >= 15 is 0 Å². The van der Waals surface area contributed by atoms with E-state index in [1.165, 1.54) is 19.4 Å². The molecule has 1 heterocycles. The van der Waals surface area contributed by atoms with Crippen LogP contribution in [-0.4, -0.2) is 34.5 Å². The van der Waals surface area contributed by atoms with Crippen LogP contribution in [0.3, 0.4) is 0 Å². The lowest BCUT2D eigenvalue weighted by atomic mass is 9.96. The molecule has 0 saturated heterocycles. The first-order chi connectivity index (χ1) is 11.2. The molecular formula is C16H18N4O3. The highest BCUT2D eigenvalue weighted by molar-refractivity contribution is 5.94. The summed E-state index contributed by atoms with van der Waals surface area (Å²) in [5, 5.41) is 20.6. The Labute approximate surface area is 133 Å². The number of H-pyrrole nitrogens is 1. The number of carbonyl (C=O) groups is 1. The molecule has 1 amide bonds. The summed E-state index contributed by atoms with van der Waals surface area (Å²) in [6.45, 7) is 0. The third-order valence-corrected chi connectivity index (χ3v) is 3.85. The van der Waals surface area contributed by atoms with Crippen molar-refractivity contribution in [2.24, 2.45) is 5.10 Å². The Morgan fingerprint density at radius 1 is 1.43 bits per heavy atom. The van der Waals surface area contributed by atoms with E-state index in [4.69, 9.17) is 4.74 Å². The molecule has 120 valence electrons. The number of hydrazone groups is 1. The Morgan fingerprint density at radius 2 is 2.26 bits per heavy atom. The molecule has 0 bridgehead atoms. The Balaban J connectivity index is 1.67. The maximum absolute atomic E-state index is 12.2. The summed E-state index contributed by atoms with van der Waals surface area (Å²) in [6.07, 6.45) is 5.45. The molecule has 23 heavy (non-hydrogen) atoms. The van der Waals surface area contributed by atoms with Gasteiger partial charge in [-0.1, -0.05) is 0 Å². The molecule has 0 atom stereocenters. The van der Waals surface area contributed by atoms with E-state index in [9.17, 15) is 9.90 Å². The molecule has 7 heteroatoms. The van der Waals surface area contributed by atoms with Crippen molar-refractivity contribution in [2.75, 3.05) is 7.11 Å². The predicted octanol–water partition coefficient (Wildman–Crippen LogP) is 1.77. The van der Waals surface area contributed by atoms with Crippen LogP contribution in [0.1, 0.15) is 40.2 Å². The molecule has 0 aliphatic heterocycles. The van der Waals surface area contributed by atoms with Crippen molar-refractivity contribution in [3.05, 3.63) is 40.7 Å². The largest absolute Gasteiger partial charge is 0.504 e. The zero-order valence-electron chi connectivity index (χ0n) is 12.8. The summed E-state index contributed by atoms with van der Waals surface area (Å²) in [5.41, 5.74) is 5.56. The number of carbonyl (C=O) groups excluding carboxylic acids is 1. The van der Waals surface area contributed by atoms with E-state index in [-0.39, 0.29) is 11.7 Å². The predicted molar refractivity (Wildman–Crippen MR) is 84.9 cm³/mol. The van der Waals surface area contributed by atoms with Gasteiger partial charge in [0.25, 0.3) is 5.91 Å². The Kier molecular flexibility index (Phi) is 4.27. The molecule has 1 aromatic carbocycles. The molecular weight excluding hydrogens is 296 g/mol. The van der Waals surface area contributed by atoms with Crippen molar-refractivity contribution in [1.29, 1.82) is 0 Å². The molecule has 3 rings (SSSR count). The number of hydrogen-bond acceptors (Lipinski definition) is 5. The van der Waals surface area contributed by atoms with Crippen molar-refractivity contribution in [3.63, 3.8) is 0 Å². The van der Waals surface area contributed by atoms with Crippen molar-refractivity contribution in [1.82, 2.24) is 15.6 Å². The van der Waals surface area contributed by atoms with Crippen LogP contribution in [0.4, 0.5) is 0 Å². The van der Waals surface area contributed by atoms with Gasteiger partial charge in [-0.2, -0.15) is 10.2 Å². The number of methoxy groups -OCH3 is 1. The number of hydrogen-bond donors (Lipinski definition) is 3. The third-order valence-electron chi connectivity index (χ3n) is 3.85. The molecule has 7 nitrogen and oxygen atoms in total. The van der Waals surface area contributed by atoms with Gasteiger partial charge in [-0.05, 0) is 49.4 Å². The average Bonchev–Trinajstić information content (AvgIpc) is 2.99. The second-order valence-electron chi connectivity index (χ2n) is 5.37. The number of fused-ring (bicyclic) bond motifs is 1. The lowest BCUT2D eigenvalue weighted by Gasteiger charge is -2.10. The van der Waals surface area contributed by atoms with Crippen LogP contribution in [0, 0.1) is 0 Å². The van der Waals surface area contributed by atoms with Crippen LogP contribution >= 0.6 is 0 Å². The summed E-state index contributed by atoms with van der Waals surface area (Å²) in [7, 11) is 1.48. The first-order valence-electron chi connectivity index (χ1n) is 7.45. The molecule has 1 aliphatic rings. The second kappa shape index (κ2) is 6.51. The van der Waals surface area contributed by atoms with Crippen LogP contribution in [0.2, 0.25) is 0 Å². The van der Waals surface area contributed by atoms with Crippen molar-refractivity contribution < 1.29 is 14.6 Å². The minimum atomic E-state index is -0.335. The Morgan fingerprint density at radius 3 is 3.04 bits per heavy atom. The Hall–Kier alpha value is -2.83. The van der Waals surface area contributed by atoms with Gasteiger partial charge in [0.05, 0.1) is 13.3 Å². The monoisotopic (exact) mass is 314 g/mol. The van der Waals surface area contributed by atoms with Crippen LogP contribution < -0.4 is 10.2 Å². The van der Waals surface area contributed by atoms with Crippen LogP contribution in [-0.2, 0) is 12.8 Å². The molecule has 0 radical (unpaired) electrons. The number of aromatic amines is 1. The third kappa shape index (κ3) is 3.18. The normalized spacial score (nSPS) is 13.8. The number of nitrogens with one attached hydrogen (secondary N) is 2. The number of amides is 1. The van der Waals surface area contributed by atoms with Gasteiger partial charge in [0, 0.05) is 11.3 Å². The van der Waals surface area contributed by atoms with Crippen LogP contribution in [0.25, 0.3) is 0 Å². The minimum Gasteiger partial charge on any atom is -0.504 e. The molecule has 2 aromatic rings. The van der Waals surface area contributed by atoms with Gasteiger partial charge in [0.15, 0.2) is 17.2 Å². The zero-order chi connectivity index (χ0) is 16.2. The van der Waals surface area contributed by atoms with E-state index in [2.05, 4.69) is 20.7 Å². The average molecular weight is 314 g/mol. The maximum Gasteiger partial charge on any atom is 0.292 e. The highest BCUT2D eigenvalue weighted by Crippen LogP contribution is 2.25. The van der Waals surface area contributed by atoms with Gasteiger partial charge < -0.3 is 9.84 Å². The lowest BCUT2D eigenvalue weighted by Crippen LogP contribution is -2.20. The molecule has 3 N–H and O–H groups in total. The zero-order valence-corrected chi connectivity index (χ0v) is 12.8. The number of aryl methyl sites for hydroxylation is 1. The number of ether oxygens (including phenoxy) is 1. The molecule has 1 aromatic heterocycles. The lowest BCUT2D eigenvalue weighted by molar-refractivity contribution is 0.0949. The highest BCUT2D eigenvalue weighted by atomic mass is 16.5. The van der Waals surface area contributed by atoms with Gasteiger partial charge in [-0.25, -0.2) is 5.43 Å². The van der Waals surface area contributed by atoms with E-state index < -0.39 is 0 Å². The minimum absolute atomic E-state index is 0.0177.